The molecule has 0 saturated heterocycles. The average molecular weight is 607 g/mol. The van der Waals surface area contributed by atoms with Gasteiger partial charge < -0.3 is 39.9 Å². The molecule has 3 rings (SSSR count). The van der Waals surface area contributed by atoms with Gasteiger partial charge in [0.25, 0.3) is 17.7 Å². The van der Waals surface area contributed by atoms with Crippen LogP contribution < -0.4 is 21.3 Å². The second kappa shape index (κ2) is 14.4. The highest BCUT2D eigenvalue weighted by Gasteiger charge is 2.19. The smallest absolute Gasteiger partial charge is 0.272 e. The van der Waals surface area contributed by atoms with Crippen molar-refractivity contribution in [2.24, 2.45) is 21.1 Å². The van der Waals surface area contributed by atoms with Crippen LogP contribution in [0.4, 0.5) is 17.1 Å². The minimum Gasteiger partial charge on any atom is -0.358 e. The number of halogens is 2. The standard InChI is InChI=1S/C26H33Cl2N9O4/c1-34-13-17(31-16-38)10-21(34)25(40)33-19-12-22(36(3)15-19)26(41)32-18-11-20(35(2)14-18)24(39)30-7-4-23(29)37(8-5-27)9-6-28/h10-16,29H,4-9H2,1-3H3,(H,30,39)(H,31,38)(H,32,41)(H,33,40). The number of hydrogen-bond donors (Lipinski definition) is 5. The van der Waals surface area contributed by atoms with Crippen LogP contribution in [-0.4, -0.2) is 80.0 Å². The number of carbonyl (C=O) groups excluding carboxylic acids is 4. The van der Waals surface area contributed by atoms with Crippen LogP contribution in [0.3, 0.4) is 0 Å². The normalized spacial score (nSPS) is 10.7. The van der Waals surface area contributed by atoms with Gasteiger partial charge in [-0.1, -0.05) is 0 Å². The van der Waals surface area contributed by atoms with Crippen molar-refractivity contribution in [3.63, 3.8) is 0 Å². The molecule has 0 aromatic carbocycles. The van der Waals surface area contributed by atoms with Gasteiger partial charge in [-0.25, -0.2) is 0 Å². The molecule has 0 spiro atoms. The van der Waals surface area contributed by atoms with Gasteiger partial charge in [0.1, 0.15) is 17.1 Å². The Kier molecular flexibility index (Phi) is 11.0. The lowest BCUT2D eigenvalue weighted by Gasteiger charge is -2.23. The van der Waals surface area contributed by atoms with E-state index < -0.39 is 11.8 Å². The molecule has 4 amide bonds. The summed E-state index contributed by atoms with van der Waals surface area (Å²) in [5.41, 5.74) is 2.23. The number of aryl methyl sites for hydroxylation is 3. The zero-order valence-electron chi connectivity index (χ0n) is 23.0. The lowest BCUT2D eigenvalue weighted by Crippen LogP contribution is -2.36. The summed E-state index contributed by atoms with van der Waals surface area (Å²) in [4.78, 5) is 50.9. The predicted octanol–water partition coefficient (Wildman–Crippen LogP) is 2.65. The number of rotatable bonds is 14. The van der Waals surface area contributed by atoms with Gasteiger partial charge in [-0.05, 0) is 18.2 Å². The van der Waals surface area contributed by atoms with Crippen molar-refractivity contribution in [2.45, 2.75) is 6.42 Å². The molecular formula is C26H33Cl2N9O4. The topological polar surface area (TPSA) is 158 Å². The number of anilines is 3. The maximum atomic E-state index is 13.0. The van der Waals surface area contributed by atoms with Crippen LogP contribution in [0.2, 0.25) is 0 Å². The number of nitrogens with zero attached hydrogens (tertiary/aromatic N) is 4. The van der Waals surface area contributed by atoms with Crippen molar-refractivity contribution in [3.8, 4) is 0 Å². The number of aromatic nitrogens is 3. The first-order valence-electron chi connectivity index (χ1n) is 12.6. The Bertz CT molecular complexity index is 1420. The molecular weight excluding hydrogens is 573 g/mol. The van der Waals surface area contributed by atoms with Crippen LogP contribution in [0.25, 0.3) is 0 Å². The largest absolute Gasteiger partial charge is 0.358 e. The van der Waals surface area contributed by atoms with Gasteiger partial charge in [0, 0.05) is 77.5 Å². The lowest BCUT2D eigenvalue weighted by atomic mass is 10.3. The summed E-state index contributed by atoms with van der Waals surface area (Å²) in [5, 5.41) is 19.0. The summed E-state index contributed by atoms with van der Waals surface area (Å²) in [6, 6.07) is 4.62. The lowest BCUT2D eigenvalue weighted by molar-refractivity contribution is -0.105. The Balaban J connectivity index is 1.59. The number of nitrogens with one attached hydrogen (secondary N) is 5. The van der Waals surface area contributed by atoms with Crippen LogP contribution in [0, 0.1) is 5.41 Å². The van der Waals surface area contributed by atoms with E-state index in [1.54, 1.807) is 64.4 Å². The number of amides is 4. The molecule has 0 aliphatic rings. The molecule has 3 heterocycles. The minimum absolute atomic E-state index is 0.251. The zero-order chi connectivity index (χ0) is 30.1. The van der Waals surface area contributed by atoms with Crippen molar-refractivity contribution >= 4 is 70.2 Å². The van der Waals surface area contributed by atoms with E-state index in [0.29, 0.717) is 72.0 Å². The highest BCUT2D eigenvalue weighted by molar-refractivity contribution is 6.18. The Morgan fingerprint density at radius 2 is 1.24 bits per heavy atom. The van der Waals surface area contributed by atoms with Gasteiger partial charge in [-0.15, -0.1) is 23.2 Å². The third-order valence-electron chi connectivity index (χ3n) is 6.19. The van der Waals surface area contributed by atoms with E-state index in [9.17, 15) is 19.2 Å². The molecule has 0 atom stereocenters. The molecule has 3 aromatic heterocycles. The van der Waals surface area contributed by atoms with Crippen LogP contribution in [-0.2, 0) is 25.9 Å². The molecule has 0 bridgehead atoms. The minimum atomic E-state index is -0.436. The number of carbonyl (C=O) groups is 4. The number of alkyl halides is 2. The van der Waals surface area contributed by atoms with E-state index in [4.69, 9.17) is 28.6 Å². The Labute approximate surface area is 247 Å². The summed E-state index contributed by atoms with van der Waals surface area (Å²) in [6.07, 6.45) is 5.66. The van der Waals surface area contributed by atoms with Gasteiger partial charge in [0.2, 0.25) is 6.41 Å². The molecule has 41 heavy (non-hydrogen) atoms. The highest BCUT2D eigenvalue weighted by Crippen LogP contribution is 2.19. The molecule has 0 saturated carbocycles. The molecule has 0 aliphatic heterocycles. The maximum Gasteiger partial charge on any atom is 0.272 e. The summed E-state index contributed by atoms with van der Waals surface area (Å²) in [5.74, 6) is -0.112. The number of amidine groups is 1. The molecule has 0 fully saturated rings. The van der Waals surface area contributed by atoms with Crippen molar-refractivity contribution in [2.75, 3.05) is 47.3 Å². The molecule has 5 N–H and O–H groups in total. The first-order valence-corrected chi connectivity index (χ1v) is 13.7. The first kappa shape index (κ1) is 31.3. The van der Waals surface area contributed by atoms with Crippen LogP contribution in [0.1, 0.15) is 37.9 Å². The van der Waals surface area contributed by atoms with Crippen molar-refractivity contribution in [3.05, 3.63) is 53.9 Å². The van der Waals surface area contributed by atoms with Crippen molar-refractivity contribution in [1.82, 2.24) is 23.9 Å². The Hall–Kier alpha value is -4.23. The quantitative estimate of drug-likeness (QED) is 0.0825. The third kappa shape index (κ3) is 8.14. The van der Waals surface area contributed by atoms with Crippen LogP contribution in [0.5, 0.6) is 0 Å². The van der Waals surface area contributed by atoms with Gasteiger partial charge in [-0.3, -0.25) is 24.6 Å². The van der Waals surface area contributed by atoms with Crippen LogP contribution >= 0.6 is 23.2 Å². The Morgan fingerprint density at radius 3 is 1.71 bits per heavy atom. The van der Waals surface area contributed by atoms with Crippen molar-refractivity contribution in [1.29, 1.82) is 5.41 Å². The highest BCUT2D eigenvalue weighted by atomic mass is 35.5. The van der Waals surface area contributed by atoms with E-state index >= 15 is 0 Å². The molecule has 0 unspecified atom stereocenters. The second-order valence-corrected chi connectivity index (χ2v) is 9.92. The summed E-state index contributed by atoms with van der Waals surface area (Å²) >= 11 is 11.6. The van der Waals surface area contributed by atoms with E-state index in [0.717, 1.165) is 0 Å². The third-order valence-corrected chi connectivity index (χ3v) is 6.53. The maximum absolute atomic E-state index is 13.0. The fourth-order valence-electron chi connectivity index (χ4n) is 4.17. The summed E-state index contributed by atoms with van der Waals surface area (Å²) in [7, 11) is 5.03. The molecule has 15 heteroatoms. The molecule has 220 valence electrons. The number of hydrogen-bond acceptors (Lipinski definition) is 5. The second-order valence-electron chi connectivity index (χ2n) is 9.16. The van der Waals surface area contributed by atoms with Gasteiger partial charge >= 0.3 is 0 Å². The van der Waals surface area contributed by atoms with Crippen molar-refractivity contribution < 1.29 is 19.2 Å². The molecule has 0 radical (unpaired) electrons. The SMILES string of the molecule is Cn1cc(NC(=O)c2cc(NC(=O)c3cc(NC=O)cn3C)cn2C)cc1C(=O)NCCC(=N)N(CCCl)CCCl. The Morgan fingerprint density at radius 1 is 0.805 bits per heavy atom. The fourth-order valence-corrected chi connectivity index (χ4v) is 4.58. The van der Waals surface area contributed by atoms with Gasteiger partial charge in [0.15, 0.2) is 0 Å². The fraction of sp³-hybridized carbons (Fsp3) is 0.346. The van der Waals surface area contributed by atoms with E-state index in [1.807, 2.05) is 0 Å². The molecule has 0 aliphatic carbocycles. The summed E-state index contributed by atoms with van der Waals surface area (Å²) < 4.78 is 4.73. The predicted molar refractivity (Wildman–Crippen MR) is 160 cm³/mol. The first-order chi connectivity index (χ1) is 19.6. The molecule has 3 aromatic rings. The molecule has 13 nitrogen and oxygen atoms in total. The van der Waals surface area contributed by atoms with E-state index in [1.165, 1.54) is 12.1 Å². The van der Waals surface area contributed by atoms with Gasteiger partial charge in [0.05, 0.1) is 22.9 Å². The van der Waals surface area contributed by atoms with Crippen LogP contribution in [0.15, 0.2) is 36.8 Å². The average Bonchev–Trinajstić information content (AvgIpc) is 3.59. The van der Waals surface area contributed by atoms with E-state index in [2.05, 4.69) is 21.3 Å². The van der Waals surface area contributed by atoms with Gasteiger partial charge in [-0.2, -0.15) is 0 Å². The monoisotopic (exact) mass is 605 g/mol. The summed E-state index contributed by atoms with van der Waals surface area (Å²) in [6.45, 7) is 1.26. The van der Waals surface area contributed by atoms with E-state index in [-0.39, 0.29) is 18.1 Å². The zero-order valence-corrected chi connectivity index (χ0v) is 24.5.